The number of furan rings is 1. The average molecular weight is 566 g/mol. The Hall–Kier alpha value is -5.61. The van der Waals surface area contributed by atoms with Crippen molar-refractivity contribution in [3.8, 4) is 0 Å². The molecule has 208 valence electrons. The molecule has 2 aliphatic rings. The predicted molar refractivity (Wildman–Crippen MR) is 182 cm³/mol. The van der Waals surface area contributed by atoms with Gasteiger partial charge in [-0.15, -0.1) is 0 Å². The smallest absolute Gasteiger partial charge is 0.143 e. The minimum atomic E-state index is -0.0101. The van der Waals surface area contributed by atoms with Crippen molar-refractivity contribution in [3.63, 3.8) is 0 Å². The lowest BCUT2D eigenvalue weighted by Crippen LogP contribution is -2.13. The molecule has 0 amide bonds. The monoisotopic (exact) mass is 565 g/mol. The van der Waals surface area contributed by atoms with Gasteiger partial charge in [0.1, 0.15) is 11.2 Å². The van der Waals surface area contributed by atoms with E-state index in [4.69, 9.17) is 9.40 Å². The van der Waals surface area contributed by atoms with E-state index in [1.807, 2.05) is 18.5 Å². The highest BCUT2D eigenvalue weighted by Gasteiger charge is 2.25. The fourth-order valence-electron chi connectivity index (χ4n) is 7.61. The number of nitrogens with zero attached hydrogens (tertiary/aromatic N) is 1. The summed E-state index contributed by atoms with van der Waals surface area (Å²) in [5.41, 5.74) is 11.6. The third kappa shape index (κ3) is 3.36. The fraction of sp³-hybridized carbons (Fsp3) is 0.0750. The van der Waals surface area contributed by atoms with E-state index in [9.17, 15) is 0 Å². The van der Waals surface area contributed by atoms with E-state index in [0.29, 0.717) is 0 Å². The van der Waals surface area contributed by atoms with Gasteiger partial charge >= 0.3 is 0 Å². The van der Waals surface area contributed by atoms with Gasteiger partial charge < -0.3 is 14.7 Å². The van der Waals surface area contributed by atoms with Crippen molar-refractivity contribution in [3.05, 3.63) is 143 Å². The van der Waals surface area contributed by atoms with E-state index >= 15 is 0 Å². The molecule has 0 spiro atoms. The van der Waals surface area contributed by atoms with E-state index in [1.165, 1.54) is 49.3 Å². The number of benzene rings is 5. The van der Waals surface area contributed by atoms with E-state index in [-0.39, 0.29) is 12.0 Å². The molecule has 0 saturated heterocycles. The number of aromatic nitrogens is 2. The lowest BCUT2D eigenvalue weighted by atomic mass is 9.82. The molecule has 4 heteroatoms. The Kier molecular flexibility index (Phi) is 4.86. The number of allylic oxidation sites excluding steroid dienone is 1. The number of fused-ring (bicyclic) bond motifs is 11. The maximum absolute atomic E-state index is 6.70. The Bertz CT molecular complexity index is 2530. The van der Waals surface area contributed by atoms with Crippen LogP contribution in [0, 0.1) is 0 Å². The molecule has 0 bridgehead atoms. The highest BCUT2D eigenvalue weighted by atomic mass is 16.3. The summed E-state index contributed by atoms with van der Waals surface area (Å²) >= 11 is 0. The minimum absolute atomic E-state index is 0.0101. The molecule has 5 aromatic carbocycles. The van der Waals surface area contributed by atoms with Crippen LogP contribution in [0.15, 0.2) is 120 Å². The molecule has 2 atom stereocenters. The zero-order chi connectivity index (χ0) is 28.8. The standard InChI is InChI=1S/C40H27N3O/c1-2-7-30-29(6-1)32(34-17-16-25-14-13-24-5-4-19-41-38(24)39(25)43-34)22-33-36-28(8-3-9-35(36)44-40(30)33)27-15-11-23-10-12-26-18-20-42-37(26)31(23)21-27/h1-20,22,27,34,42-43H,21H2. The summed E-state index contributed by atoms with van der Waals surface area (Å²) in [6, 6.07) is 32.6. The van der Waals surface area contributed by atoms with Crippen molar-refractivity contribution in [2.24, 2.45) is 0 Å². The van der Waals surface area contributed by atoms with E-state index < -0.39 is 0 Å². The summed E-state index contributed by atoms with van der Waals surface area (Å²) < 4.78 is 6.70. The second kappa shape index (κ2) is 8.95. The number of hydrogen-bond acceptors (Lipinski definition) is 3. The van der Waals surface area contributed by atoms with Crippen molar-refractivity contribution in [2.45, 2.75) is 18.4 Å². The minimum Gasteiger partial charge on any atom is -0.455 e. The van der Waals surface area contributed by atoms with Gasteiger partial charge in [-0.2, -0.15) is 0 Å². The predicted octanol–water partition coefficient (Wildman–Crippen LogP) is 10.3. The van der Waals surface area contributed by atoms with Crippen LogP contribution in [-0.2, 0) is 6.42 Å². The van der Waals surface area contributed by atoms with Crippen LogP contribution in [-0.4, -0.2) is 9.97 Å². The highest BCUT2D eigenvalue weighted by Crippen LogP contribution is 2.45. The summed E-state index contributed by atoms with van der Waals surface area (Å²) in [7, 11) is 0. The van der Waals surface area contributed by atoms with Crippen LogP contribution in [0.5, 0.6) is 0 Å². The molecule has 1 aliphatic carbocycles. The molecule has 1 aliphatic heterocycles. The molecule has 44 heavy (non-hydrogen) atoms. The fourth-order valence-corrected chi connectivity index (χ4v) is 7.61. The third-order valence-corrected chi connectivity index (χ3v) is 9.68. The second-order valence-corrected chi connectivity index (χ2v) is 12.0. The molecule has 2 N–H and O–H groups in total. The quantitative estimate of drug-likeness (QED) is 0.219. The normalized spacial score (nSPS) is 17.5. The number of hydrogen-bond donors (Lipinski definition) is 2. The Morgan fingerprint density at radius 2 is 1.61 bits per heavy atom. The molecule has 0 fully saturated rings. The number of pyridine rings is 1. The Balaban J connectivity index is 1.17. The number of anilines is 1. The van der Waals surface area contributed by atoms with Crippen LogP contribution < -0.4 is 5.32 Å². The van der Waals surface area contributed by atoms with Gasteiger partial charge in [-0.25, -0.2) is 0 Å². The lowest BCUT2D eigenvalue weighted by Gasteiger charge is -2.25. The van der Waals surface area contributed by atoms with Crippen molar-refractivity contribution in [2.75, 3.05) is 5.32 Å². The zero-order valence-corrected chi connectivity index (χ0v) is 23.8. The number of aromatic amines is 1. The van der Waals surface area contributed by atoms with Crippen molar-refractivity contribution < 1.29 is 4.42 Å². The van der Waals surface area contributed by atoms with Gasteiger partial charge in [-0.05, 0) is 69.3 Å². The van der Waals surface area contributed by atoms with Gasteiger partial charge in [0.25, 0.3) is 0 Å². The lowest BCUT2D eigenvalue weighted by molar-refractivity contribution is 0.672. The molecule has 4 heterocycles. The molecule has 0 radical (unpaired) electrons. The highest BCUT2D eigenvalue weighted by molar-refractivity contribution is 6.17. The van der Waals surface area contributed by atoms with Crippen LogP contribution in [0.3, 0.4) is 0 Å². The number of rotatable bonds is 2. The maximum atomic E-state index is 6.70. The summed E-state index contributed by atoms with van der Waals surface area (Å²) in [6.45, 7) is 0. The van der Waals surface area contributed by atoms with Gasteiger partial charge in [0, 0.05) is 45.4 Å². The van der Waals surface area contributed by atoms with E-state index in [0.717, 1.165) is 45.1 Å². The van der Waals surface area contributed by atoms with Crippen LogP contribution >= 0.6 is 0 Å². The van der Waals surface area contributed by atoms with Crippen LogP contribution in [0.4, 0.5) is 5.69 Å². The first-order valence-electron chi connectivity index (χ1n) is 15.3. The summed E-state index contributed by atoms with van der Waals surface area (Å²) in [5, 5.41) is 11.0. The van der Waals surface area contributed by atoms with Crippen LogP contribution in [0.25, 0.3) is 66.7 Å². The third-order valence-electron chi connectivity index (χ3n) is 9.68. The molecule has 8 aromatic rings. The second-order valence-electron chi connectivity index (χ2n) is 12.0. The molecular weight excluding hydrogens is 538 g/mol. The first-order chi connectivity index (χ1) is 21.8. The first kappa shape index (κ1) is 23.9. The van der Waals surface area contributed by atoms with E-state index in [2.05, 4.69) is 120 Å². The van der Waals surface area contributed by atoms with Gasteiger partial charge in [0.05, 0.1) is 17.2 Å². The van der Waals surface area contributed by atoms with Crippen molar-refractivity contribution in [1.29, 1.82) is 0 Å². The largest absolute Gasteiger partial charge is 0.455 e. The van der Waals surface area contributed by atoms with Crippen molar-refractivity contribution >= 4 is 72.4 Å². The number of H-pyrrole nitrogens is 1. The van der Waals surface area contributed by atoms with Crippen LogP contribution in [0.2, 0.25) is 0 Å². The maximum Gasteiger partial charge on any atom is 0.143 e. The van der Waals surface area contributed by atoms with Gasteiger partial charge in [0.15, 0.2) is 0 Å². The zero-order valence-electron chi connectivity index (χ0n) is 23.8. The number of nitrogens with one attached hydrogen (secondary N) is 2. The Labute approximate surface area is 253 Å². The molecule has 2 unspecified atom stereocenters. The molecule has 4 nitrogen and oxygen atoms in total. The topological polar surface area (TPSA) is 53.9 Å². The van der Waals surface area contributed by atoms with Gasteiger partial charge in [-0.1, -0.05) is 91.0 Å². The van der Waals surface area contributed by atoms with Crippen LogP contribution in [0.1, 0.15) is 39.8 Å². The summed E-state index contributed by atoms with van der Waals surface area (Å²) in [4.78, 5) is 8.24. The van der Waals surface area contributed by atoms with Gasteiger partial charge in [-0.3, -0.25) is 4.98 Å². The first-order valence-corrected chi connectivity index (χ1v) is 15.3. The Morgan fingerprint density at radius 3 is 2.59 bits per heavy atom. The summed E-state index contributed by atoms with van der Waals surface area (Å²) in [6.07, 6.45) is 14.0. The molecule has 3 aromatic heterocycles. The Morgan fingerprint density at radius 1 is 0.727 bits per heavy atom. The average Bonchev–Trinajstić information content (AvgIpc) is 3.73. The summed E-state index contributed by atoms with van der Waals surface area (Å²) in [5.74, 6) is 0.243. The molecular formula is C40H27N3O. The molecule has 10 rings (SSSR count). The van der Waals surface area contributed by atoms with E-state index in [1.54, 1.807) is 0 Å². The SMILES string of the molecule is C1=CC(c2cc3c(oc4cccc(C5C=Cc6ccc7cc[nH]c7c6C5)c43)c3ccccc23)Nc2c1ccc1cccnc21. The van der Waals surface area contributed by atoms with Crippen molar-refractivity contribution in [1.82, 2.24) is 9.97 Å². The molecule has 0 saturated carbocycles. The van der Waals surface area contributed by atoms with Gasteiger partial charge in [0.2, 0.25) is 0 Å².